The average molecular weight is 202 g/mol. The van der Waals surface area contributed by atoms with Crippen molar-refractivity contribution in [1.29, 1.82) is 0 Å². The van der Waals surface area contributed by atoms with Gasteiger partial charge in [0.25, 0.3) is 0 Å². The van der Waals surface area contributed by atoms with Gasteiger partial charge in [-0.05, 0) is 43.0 Å². The number of hydrogen-bond donors (Lipinski definition) is 0. The third-order valence-corrected chi connectivity index (χ3v) is 2.51. The van der Waals surface area contributed by atoms with E-state index >= 15 is 0 Å². The largest absolute Gasteiger partial charge is 0.289 e. The summed E-state index contributed by atoms with van der Waals surface area (Å²) >= 11 is 0. The monoisotopic (exact) mass is 202 g/mol. The summed E-state index contributed by atoms with van der Waals surface area (Å²) in [7, 11) is 0. The molecule has 0 aromatic heterocycles. The number of carbonyl (C=O) groups is 1. The molecule has 0 fully saturated rings. The van der Waals surface area contributed by atoms with Crippen molar-refractivity contribution in [2.24, 2.45) is 0 Å². The Morgan fingerprint density at radius 3 is 2.53 bits per heavy atom. The van der Waals surface area contributed by atoms with Crippen LogP contribution in [0.3, 0.4) is 0 Å². The summed E-state index contributed by atoms with van der Waals surface area (Å²) in [4.78, 5) is 11.8. The predicted octanol–water partition coefficient (Wildman–Crippen LogP) is 3.88. The topological polar surface area (TPSA) is 17.1 Å². The molecule has 1 aromatic rings. The van der Waals surface area contributed by atoms with E-state index < -0.39 is 0 Å². The van der Waals surface area contributed by atoms with Crippen molar-refractivity contribution < 1.29 is 4.79 Å². The number of aryl methyl sites for hydroxylation is 1. The smallest absolute Gasteiger partial charge is 0.185 e. The maximum Gasteiger partial charge on any atom is 0.185 e. The molecule has 1 heteroatoms. The highest BCUT2D eigenvalue weighted by molar-refractivity contribution is 6.05. The number of hydrogen-bond acceptors (Lipinski definition) is 1. The summed E-state index contributed by atoms with van der Waals surface area (Å²) in [6, 6.07) is 6.11. The first-order valence-electron chi connectivity index (χ1n) is 5.33. The zero-order valence-electron chi connectivity index (χ0n) is 9.87. The Bertz CT molecular complexity index is 386. The summed E-state index contributed by atoms with van der Waals surface area (Å²) in [6.45, 7) is 8.10. The molecular weight excluding hydrogens is 184 g/mol. The Kier molecular flexibility index (Phi) is 3.84. The van der Waals surface area contributed by atoms with Crippen molar-refractivity contribution in [1.82, 2.24) is 0 Å². The van der Waals surface area contributed by atoms with Crippen molar-refractivity contribution in [2.75, 3.05) is 0 Å². The minimum absolute atomic E-state index is 0.0949. The third kappa shape index (κ3) is 2.79. The second-order valence-corrected chi connectivity index (χ2v) is 4.09. The minimum atomic E-state index is 0.0949. The summed E-state index contributed by atoms with van der Waals surface area (Å²) in [5, 5.41) is 0. The van der Waals surface area contributed by atoms with E-state index in [2.05, 4.69) is 19.9 Å². The van der Waals surface area contributed by atoms with Crippen molar-refractivity contribution in [2.45, 2.75) is 33.6 Å². The minimum Gasteiger partial charge on any atom is -0.289 e. The summed E-state index contributed by atoms with van der Waals surface area (Å²) in [5.74, 6) is 0.556. The highest BCUT2D eigenvalue weighted by Crippen LogP contribution is 2.19. The van der Waals surface area contributed by atoms with Crippen molar-refractivity contribution in [3.8, 4) is 0 Å². The quantitative estimate of drug-likeness (QED) is 0.537. The van der Waals surface area contributed by atoms with Crippen LogP contribution in [0.15, 0.2) is 30.4 Å². The molecule has 80 valence electrons. The lowest BCUT2D eigenvalue weighted by Crippen LogP contribution is -2.00. The Balaban J connectivity index is 3.16. The van der Waals surface area contributed by atoms with Crippen molar-refractivity contribution >= 4 is 5.78 Å². The molecule has 0 saturated carbocycles. The number of benzene rings is 1. The van der Waals surface area contributed by atoms with Gasteiger partial charge in [-0.25, -0.2) is 0 Å². The standard InChI is InChI=1S/C14H18O/c1-5-6-14(15)13-9-12(10(2)3)8-7-11(13)4/h5-10H,1-4H3. The molecule has 0 aliphatic carbocycles. The van der Waals surface area contributed by atoms with E-state index in [4.69, 9.17) is 0 Å². The van der Waals surface area contributed by atoms with E-state index in [1.54, 1.807) is 12.2 Å². The van der Waals surface area contributed by atoms with E-state index in [1.165, 1.54) is 5.56 Å². The van der Waals surface area contributed by atoms with Gasteiger partial charge in [0, 0.05) is 5.56 Å². The highest BCUT2D eigenvalue weighted by Gasteiger charge is 2.08. The first-order chi connectivity index (χ1) is 7.06. The van der Waals surface area contributed by atoms with E-state index in [9.17, 15) is 4.79 Å². The number of allylic oxidation sites excluding steroid dienone is 2. The Morgan fingerprint density at radius 2 is 2.00 bits per heavy atom. The molecule has 0 N–H and O–H groups in total. The van der Waals surface area contributed by atoms with Gasteiger partial charge < -0.3 is 0 Å². The van der Waals surface area contributed by atoms with E-state index in [0.29, 0.717) is 5.92 Å². The molecule has 0 radical (unpaired) electrons. The molecule has 1 aromatic carbocycles. The molecule has 0 amide bonds. The maximum atomic E-state index is 11.8. The molecular formula is C14H18O. The lowest BCUT2D eigenvalue weighted by atomic mass is 9.96. The zero-order chi connectivity index (χ0) is 11.4. The number of ketones is 1. The molecule has 15 heavy (non-hydrogen) atoms. The van der Waals surface area contributed by atoms with Crippen LogP contribution >= 0.6 is 0 Å². The van der Waals surface area contributed by atoms with Crippen molar-refractivity contribution in [3.05, 3.63) is 47.0 Å². The van der Waals surface area contributed by atoms with Crippen LogP contribution in [0.1, 0.15) is 48.2 Å². The first-order valence-corrected chi connectivity index (χ1v) is 5.33. The molecule has 0 aliphatic heterocycles. The Morgan fingerprint density at radius 1 is 1.33 bits per heavy atom. The Labute approximate surface area is 91.8 Å². The van der Waals surface area contributed by atoms with Gasteiger partial charge in [-0.15, -0.1) is 0 Å². The van der Waals surface area contributed by atoms with Gasteiger partial charge in [0.15, 0.2) is 5.78 Å². The van der Waals surface area contributed by atoms with Gasteiger partial charge in [-0.1, -0.05) is 32.1 Å². The summed E-state index contributed by atoms with van der Waals surface area (Å²) < 4.78 is 0. The molecule has 1 rings (SSSR count). The molecule has 0 saturated heterocycles. The average Bonchev–Trinajstić information content (AvgIpc) is 2.18. The second-order valence-electron chi connectivity index (χ2n) is 4.09. The fourth-order valence-corrected chi connectivity index (χ4v) is 1.51. The second kappa shape index (κ2) is 4.92. The molecule has 0 atom stereocenters. The van der Waals surface area contributed by atoms with Gasteiger partial charge in [0.2, 0.25) is 0 Å². The lowest BCUT2D eigenvalue weighted by molar-refractivity contribution is 0.104. The Hall–Kier alpha value is -1.37. The van der Waals surface area contributed by atoms with Crippen LogP contribution in [0.4, 0.5) is 0 Å². The predicted molar refractivity (Wildman–Crippen MR) is 64.4 cm³/mol. The van der Waals surface area contributed by atoms with E-state index in [1.807, 2.05) is 26.0 Å². The van der Waals surface area contributed by atoms with Crippen LogP contribution in [0, 0.1) is 6.92 Å². The molecule has 0 unspecified atom stereocenters. The van der Waals surface area contributed by atoms with Gasteiger partial charge in [-0.3, -0.25) is 4.79 Å². The zero-order valence-corrected chi connectivity index (χ0v) is 9.87. The molecule has 0 bridgehead atoms. The third-order valence-electron chi connectivity index (χ3n) is 2.51. The van der Waals surface area contributed by atoms with Crippen molar-refractivity contribution in [3.63, 3.8) is 0 Å². The highest BCUT2D eigenvalue weighted by atomic mass is 16.1. The summed E-state index contributed by atoms with van der Waals surface area (Å²) in [6.07, 6.45) is 3.40. The van der Waals surface area contributed by atoms with Gasteiger partial charge in [0.05, 0.1) is 0 Å². The SMILES string of the molecule is CC=CC(=O)c1cc(C(C)C)ccc1C. The molecule has 0 aliphatic rings. The van der Waals surface area contributed by atoms with Crippen LogP contribution in [0.25, 0.3) is 0 Å². The van der Waals surface area contributed by atoms with Crippen LogP contribution in [-0.2, 0) is 0 Å². The molecule has 1 nitrogen and oxygen atoms in total. The van der Waals surface area contributed by atoms with E-state index in [0.717, 1.165) is 11.1 Å². The lowest BCUT2D eigenvalue weighted by Gasteiger charge is -2.09. The first kappa shape index (κ1) is 11.7. The van der Waals surface area contributed by atoms with Gasteiger partial charge in [-0.2, -0.15) is 0 Å². The van der Waals surface area contributed by atoms with E-state index in [-0.39, 0.29) is 5.78 Å². The fraction of sp³-hybridized carbons (Fsp3) is 0.357. The number of rotatable bonds is 3. The molecule has 0 heterocycles. The van der Waals surface area contributed by atoms with Gasteiger partial charge >= 0.3 is 0 Å². The van der Waals surface area contributed by atoms with Crippen LogP contribution in [0.2, 0.25) is 0 Å². The van der Waals surface area contributed by atoms with Crippen LogP contribution < -0.4 is 0 Å². The maximum absolute atomic E-state index is 11.8. The van der Waals surface area contributed by atoms with Crippen LogP contribution in [0.5, 0.6) is 0 Å². The molecule has 0 spiro atoms. The van der Waals surface area contributed by atoms with Crippen LogP contribution in [-0.4, -0.2) is 5.78 Å². The van der Waals surface area contributed by atoms with Gasteiger partial charge in [0.1, 0.15) is 0 Å². The summed E-state index contributed by atoms with van der Waals surface area (Å²) in [5.41, 5.74) is 3.08. The normalized spacial score (nSPS) is 11.3. The fourth-order valence-electron chi connectivity index (χ4n) is 1.51. The number of carbonyl (C=O) groups excluding carboxylic acids is 1.